The summed E-state index contributed by atoms with van der Waals surface area (Å²) in [7, 11) is -0.456. The Balaban J connectivity index is 2.97. The highest BCUT2D eigenvalue weighted by Gasteiger charge is 2.08. The molecule has 0 aliphatic heterocycles. The predicted octanol–water partition coefficient (Wildman–Crippen LogP) is 2.02. The average Bonchev–Trinajstić information content (AvgIpc) is 2.14. The molecule has 0 unspecified atom stereocenters. The Morgan fingerprint density at radius 3 is 2.29 bits per heavy atom. The van der Waals surface area contributed by atoms with Crippen LogP contribution >= 0.6 is 0 Å². The lowest BCUT2D eigenvalue weighted by atomic mass is 10.2. The van der Waals surface area contributed by atoms with Gasteiger partial charge >= 0.3 is 0 Å². The standard InChI is InChI=1S/C10H9F3Si/c1-2-14-4-3-7-5-8(11)10(13)9(12)6-7/h5-6H,2,14H2,1H3. The summed E-state index contributed by atoms with van der Waals surface area (Å²) in [5.74, 6) is -1.20. The molecule has 0 N–H and O–H groups in total. The highest BCUT2D eigenvalue weighted by molar-refractivity contribution is 6.45. The lowest BCUT2D eigenvalue weighted by molar-refractivity contribution is 0.446. The molecule has 0 heterocycles. The van der Waals surface area contributed by atoms with Gasteiger partial charge in [0.1, 0.15) is 9.52 Å². The molecule has 0 atom stereocenters. The molecule has 0 aliphatic rings. The Kier molecular flexibility index (Phi) is 3.78. The van der Waals surface area contributed by atoms with Gasteiger partial charge in [0, 0.05) is 5.56 Å². The fraction of sp³-hybridized carbons (Fsp3) is 0.200. The molecule has 0 nitrogen and oxygen atoms in total. The van der Waals surface area contributed by atoms with Gasteiger partial charge in [-0.05, 0) is 12.1 Å². The largest absolute Gasteiger partial charge is 0.204 e. The Morgan fingerprint density at radius 2 is 1.79 bits per heavy atom. The lowest BCUT2D eigenvalue weighted by Gasteiger charge is -1.95. The van der Waals surface area contributed by atoms with Gasteiger partial charge in [-0.25, -0.2) is 13.2 Å². The van der Waals surface area contributed by atoms with Crippen LogP contribution in [0.25, 0.3) is 0 Å². The van der Waals surface area contributed by atoms with Gasteiger partial charge in [-0.3, -0.25) is 0 Å². The number of hydrogen-bond acceptors (Lipinski definition) is 0. The summed E-state index contributed by atoms with van der Waals surface area (Å²) in [5.41, 5.74) is 3.05. The Morgan fingerprint density at radius 1 is 1.21 bits per heavy atom. The maximum atomic E-state index is 12.7. The smallest absolute Gasteiger partial charge is 0.194 e. The average molecular weight is 214 g/mol. The summed E-state index contributed by atoms with van der Waals surface area (Å²) >= 11 is 0. The SMILES string of the molecule is CC[SiH2]C#Cc1cc(F)c(F)c(F)c1. The normalized spacial score (nSPS) is 10.3. The van der Waals surface area contributed by atoms with Gasteiger partial charge in [-0.1, -0.05) is 18.9 Å². The zero-order chi connectivity index (χ0) is 10.6. The van der Waals surface area contributed by atoms with Gasteiger partial charge in [0.25, 0.3) is 0 Å². The monoisotopic (exact) mass is 214 g/mol. The van der Waals surface area contributed by atoms with Crippen molar-refractivity contribution in [3.63, 3.8) is 0 Å². The third-order valence-electron chi connectivity index (χ3n) is 1.59. The van der Waals surface area contributed by atoms with Gasteiger partial charge in [0.2, 0.25) is 0 Å². The van der Waals surface area contributed by atoms with Crippen molar-refractivity contribution in [2.45, 2.75) is 13.0 Å². The third-order valence-corrected chi connectivity index (χ3v) is 2.52. The fourth-order valence-corrected chi connectivity index (χ4v) is 1.50. The Hall–Kier alpha value is -1.21. The van der Waals surface area contributed by atoms with Crippen molar-refractivity contribution in [3.8, 4) is 11.5 Å². The van der Waals surface area contributed by atoms with Crippen molar-refractivity contribution in [1.82, 2.24) is 0 Å². The van der Waals surface area contributed by atoms with E-state index in [0.717, 1.165) is 18.2 Å². The molecule has 0 spiro atoms. The maximum absolute atomic E-state index is 12.7. The van der Waals surface area contributed by atoms with Gasteiger partial charge in [-0.2, -0.15) is 0 Å². The fourth-order valence-electron chi connectivity index (χ4n) is 0.917. The highest BCUT2D eigenvalue weighted by Crippen LogP contribution is 2.12. The van der Waals surface area contributed by atoms with E-state index in [1.165, 1.54) is 0 Å². The molecule has 74 valence electrons. The molecule has 0 amide bonds. The molecule has 0 bridgehead atoms. The van der Waals surface area contributed by atoms with Crippen LogP contribution in [0, 0.1) is 28.9 Å². The molecular formula is C10H9F3Si. The van der Waals surface area contributed by atoms with Crippen LogP contribution in [0.4, 0.5) is 13.2 Å². The summed E-state index contributed by atoms with van der Waals surface area (Å²) in [6, 6.07) is 2.84. The quantitative estimate of drug-likeness (QED) is 0.381. The number of benzene rings is 1. The first-order chi connectivity index (χ1) is 6.65. The van der Waals surface area contributed by atoms with E-state index in [-0.39, 0.29) is 5.56 Å². The Bertz CT molecular complexity index is 367. The second-order valence-corrected chi connectivity index (χ2v) is 4.66. The minimum atomic E-state index is -1.44. The van der Waals surface area contributed by atoms with Crippen LogP contribution in [0.1, 0.15) is 12.5 Å². The van der Waals surface area contributed by atoms with Crippen molar-refractivity contribution in [2.75, 3.05) is 0 Å². The topological polar surface area (TPSA) is 0 Å². The lowest BCUT2D eigenvalue weighted by Crippen LogP contribution is -1.92. The zero-order valence-corrected chi connectivity index (χ0v) is 9.12. The molecule has 0 aromatic heterocycles. The van der Waals surface area contributed by atoms with Crippen molar-refractivity contribution >= 4 is 9.52 Å². The number of halogens is 3. The van der Waals surface area contributed by atoms with E-state index in [1.807, 2.05) is 6.92 Å². The molecule has 0 radical (unpaired) electrons. The van der Waals surface area contributed by atoms with Crippen LogP contribution in [-0.4, -0.2) is 9.52 Å². The second kappa shape index (κ2) is 4.87. The second-order valence-electron chi connectivity index (χ2n) is 2.81. The van der Waals surface area contributed by atoms with Crippen molar-refractivity contribution in [2.24, 2.45) is 0 Å². The molecule has 1 aromatic carbocycles. The summed E-state index contributed by atoms with van der Waals surface area (Å²) in [4.78, 5) is 0. The van der Waals surface area contributed by atoms with E-state index in [1.54, 1.807) is 0 Å². The van der Waals surface area contributed by atoms with E-state index in [2.05, 4.69) is 11.5 Å². The Labute approximate surface area is 83.0 Å². The minimum absolute atomic E-state index is 0.197. The first-order valence-electron chi connectivity index (χ1n) is 4.28. The molecule has 14 heavy (non-hydrogen) atoms. The first kappa shape index (κ1) is 10.9. The third kappa shape index (κ3) is 2.64. The molecule has 0 fully saturated rings. The number of rotatable bonds is 1. The predicted molar refractivity (Wildman–Crippen MR) is 52.2 cm³/mol. The van der Waals surface area contributed by atoms with Crippen LogP contribution in [-0.2, 0) is 0 Å². The van der Waals surface area contributed by atoms with E-state index in [4.69, 9.17) is 0 Å². The first-order valence-corrected chi connectivity index (χ1v) is 5.99. The van der Waals surface area contributed by atoms with Crippen molar-refractivity contribution in [3.05, 3.63) is 35.1 Å². The molecule has 1 aromatic rings. The molecule has 0 saturated heterocycles. The molecular weight excluding hydrogens is 205 g/mol. The van der Waals surface area contributed by atoms with Gasteiger partial charge in [0.05, 0.1) is 0 Å². The molecule has 4 heteroatoms. The van der Waals surface area contributed by atoms with Crippen LogP contribution < -0.4 is 0 Å². The van der Waals surface area contributed by atoms with Gasteiger partial charge in [0.15, 0.2) is 17.5 Å². The maximum Gasteiger partial charge on any atom is 0.194 e. The van der Waals surface area contributed by atoms with Crippen LogP contribution in [0.3, 0.4) is 0 Å². The van der Waals surface area contributed by atoms with Gasteiger partial charge in [-0.15, -0.1) is 5.54 Å². The zero-order valence-electron chi connectivity index (χ0n) is 7.70. The highest BCUT2D eigenvalue weighted by atomic mass is 28.2. The van der Waals surface area contributed by atoms with Crippen LogP contribution in [0.5, 0.6) is 0 Å². The summed E-state index contributed by atoms with van der Waals surface area (Å²) in [6.45, 7) is 2.01. The minimum Gasteiger partial charge on any atom is -0.204 e. The number of hydrogen-bond donors (Lipinski definition) is 0. The summed E-state index contributed by atoms with van der Waals surface area (Å²) in [6.07, 6.45) is 0. The molecule has 1 rings (SSSR count). The van der Waals surface area contributed by atoms with Crippen molar-refractivity contribution in [1.29, 1.82) is 0 Å². The summed E-state index contributed by atoms with van der Waals surface area (Å²) in [5, 5.41) is 0. The summed E-state index contributed by atoms with van der Waals surface area (Å²) < 4.78 is 37.9. The van der Waals surface area contributed by atoms with Crippen LogP contribution in [0.15, 0.2) is 12.1 Å². The van der Waals surface area contributed by atoms with E-state index in [0.29, 0.717) is 0 Å². The van der Waals surface area contributed by atoms with E-state index < -0.39 is 27.0 Å². The van der Waals surface area contributed by atoms with Crippen molar-refractivity contribution < 1.29 is 13.2 Å². The van der Waals surface area contributed by atoms with E-state index in [9.17, 15) is 13.2 Å². The van der Waals surface area contributed by atoms with Crippen LogP contribution in [0.2, 0.25) is 6.04 Å². The molecule has 0 saturated carbocycles. The van der Waals surface area contributed by atoms with Gasteiger partial charge < -0.3 is 0 Å². The van der Waals surface area contributed by atoms with E-state index >= 15 is 0 Å². The molecule has 0 aliphatic carbocycles.